The summed E-state index contributed by atoms with van der Waals surface area (Å²) in [6.45, 7) is 4.82. The van der Waals surface area contributed by atoms with Crippen molar-refractivity contribution in [3.63, 3.8) is 0 Å². The average molecular weight is 473 g/mol. The van der Waals surface area contributed by atoms with Gasteiger partial charge in [-0.15, -0.1) is 21.5 Å². The number of hydrogen-bond acceptors (Lipinski definition) is 7. The van der Waals surface area contributed by atoms with Gasteiger partial charge in [0.25, 0.3) is 5.56 Å². The first-order valence-electron chi connectivity index (χ1n) is 10.3. The van der Waals surface area contributed by atoms with E-state index in [1.165, 1.54) is 22.2 Å². The zero-order chi connectivity index (χ0) is 21.5. The molecule has 160 valence electrons. The maximum absolute atomic E-state index is 13.3. The van der Waals surface area contributed by atoms with Crippen molar-refractivity contribution in [1.82, 2.24) is 19.7 Å². The normalized spacial score (nSPS) is 16.0. The van der Waals surface area contributed by atoms with Crippen LogP contribution >= 0.6 is 34.7 Å². The van der Waals surface area contributed by atoms with Crippen LogP contribution < -0.4 is 5.56 Å². The minimum absolute atomic E-state index is 0.0596. The molecule has 0 amide bonds. The predicted octanol–water partition coefficient (Wildman–Crippen LogP) is 5.60. The van der Waals surface area contributed by atoms with Gasteiger partial charge in [0.15, 0.2) is 5.16 Å². The Hall–Kier alpha value is -2.16. The van der Waals surface area contributed by atoms with E-state index in [-0.39, 0.29) is 5.56 Å². The molecule has 6 nitrogen and oxygen atoms in total. The summed E-state index contributed by atoms with van der Waals surface area (Å²) >= 11 is 9.34. The van der Waals surface area contributed by atoms with Crippen molar-refractivity contribution in [2.75, 3.05) is 0 Å². The lowest BCUT2D eigenvalue weighted by atomic mass is 9.89. The molecule has 3 heterocycles. The fraction of sp³-hybridized carbons (Fsp3) is 0.364. The van der Waals surface area contributed by atoms with Gasteiger partial charge in [-0.25, -0.2) is 4.98 Å². The zero-order valence-electron chi connectivity index (χ0n) is 17.2. The van der Waals surface area contributed by atoms with Gasteiger partial charge < -0.3 is 4.42 Å². The number of thiophene rings is 1. The first-order valence-corrected chi connectivity index (χ1v) is 12.5. The lowest BCUT2D eigenvalue weighted by Gasteiger charge is -2.17. The van der Waals surface area contributed by atoms with E-state index >= 15 is 0 Å². The van der Waals surface area contributed by atoms with Crippen LogP contribution in [0.5, 0.6) is 0 Å². The number of hydrogen-bond donors (Lipinski definition) is 0. The fourth-order valence-corrected chi connectivity index (χ4v) is 6.52. The Morgan fingerprint density at radius 2 is 2.16 bits per heavy atom. The molecule has 1 aliphatic carbocycles. The molecular weight excluding hydrogens is 452 g/mol. The lowest BCUT2D eigenvalue weighted by Crippen LogP contribution is -2.23. The van der Waals surface area contributed by atoms with Crippen molar-refractivity contribution < 1.29 is 4.42 Å². The summed E-state index contributed by atoms with van der Waals surface area (Å²) < 4.78 is 7.55. The van der Waals surface area contributed by atoms with E-state index in [9.17, 15) is 4.79 Å². The number of aryl methyl sites for hydroxylation is 1. The summed E-state index contributed by atoms with van der Waals surface area (Å²) in [5, 5.41) is 10.3. The van der Waals surface area contributed by atoms with E-state index in [0.29, 0.717) is 45.7 Å². The molecule has 0 aliphatic heterocycles. The Labute approximate surface area is 192 Å². The topological polar surface area (TPSA) is 73.8 Å². The van der Waals surface area contributed by atoms with E-state index in [1.54, 1.807) is 22.0 Å². The summed E-state index contributed by atoms with van der Waals surface area (Å²) in [4.78, 5) is 20.3. The molecule has 31 heavy (non-hydrogen) atoms. The van der Waals surface area contributed by atoms with Crippen LogP contribution in [0.1, 0.15) is 36.6 Å². The Morgan fingerprint density at radius 1 is 1.32 bits per heavy atom. The summed E-state index contributed by atoms with van der Waals surface area (Å²) in [7, 11) is 0. The maximum Gasteiger partial charge on any atom is 0.263 e. The predicted molar refractivity (Wildman–Crippen MR) is 125 cm³/mol. The van der Waals surface area contributed by atoms with Crippen LogP contribution in [0.4, 0.5) is 0 Å². The largest absolute Gasteiger partial charge is 0.420 e. The zero-order valence-corrected chi connectivity index (χ0v) is 19.6. The van der Waals surface area contributed by atoms with Gasteiger partial charge in [0, 0.05) is 11.4 Å². The number of benzene rings is 1. The molecule has 5 rings (SSSR count). The van der Waals surface area contributed by atoms with E-state index in [4.69, 9.17) is 21.0 Å². The molecule has 1 atom stereocenters. The number of nitrogens with zero attached hydrogens (tertiary/aromatic N) is 4. The SMILES string of the molecule is CCn1c(SCc2nnc(-c3ccccc3Cl)o2)nc2sc3c(c2c1=O)CCC(C)C3. The standard InChI is InChI=1S/C22H21ClN4O2S2/c1-3-27-21(28)18-14-9-8-12(2)10-16(14)31-20(18)24-22(27)30-11-17-25-26-19(29-17)13-6-4-5-7-15(13)23/h4-7,12H,3,8-11H2,1-2H3. The van der Waals surface area contributed by atoms with Crippen molar-refractivity contribution in [2.24, 2.45) is 5.92 Å². The quantitative estimate of drug-likeness (QED) is 0.278. The lowest BCUT2D eigenvalue weighted by molar-refractivity contribution is 0.509. The molecule has 9 heteroatoms. The molecule has 4 aromatic rings. The van der Waals surface area contributed by atoms with E-state index in [0.717, 1.165) is 29.5 Å². The van der Waals surface area contributed by atoms with Crippen LogP contribution in [0, 0.1) is 5.92 Å². The smallest absolute Gasteiger partial charge is 0.263 e. The van der Waals surface area contributed by atoms with Crippen molar-refractivity contribution in [2.45, 2.75) is 50.6 Å². The highest BCUT2D eigenvalue weighted by Crippen LogP contribution is 2.37. The van der Waals surface area contributed by atoms with Crippen LogP contribution in [0.15, 0.2) is 38.6 Å². The Balaban J connectivity index is 1.45. The molecule has 0 fully saturated rings. The second-order valence-electron chi connectivity index (χ2n) is 7.75. The van der Waals surface area contributed by atoms with Gasteiger partial charge in [-0.2, -0.15) is 0 Å². The number of halogens is 1. The summed E-state index contributed by atoms with van der Waals surface area (Å²) in [5.41, 5.74) is 1.98. The van der Waals surface area contributed by atoms with Gasteiger partial charge in [-0.3, -0.25) is 9.36 Å². The third-order valence-corrected chi connectivity index (χ3v) is 8.03. The molecule has 0 saturated heterocycles. The van der Waals surface area contributed by atoms with Gasteiger partial charge in [0.1, 0.15) is 4.83 Å². The minimum Gasteiger partial charge on any atom is -0.420 e. The van der Waals surface area contributed by atoms with E-state index in [1.807, 2.05) is 25.1 Å². The van der Waals surface area contributed by atoms with Crippen LogP contribution in [-0.4, -0.2) is 19.7 Å². The van der Waals surface area contributed by atoms with Crippen LogP contribution in [-0.2, 0) is 25.1 Å². The van der Waals surface area contributed by atoms with Crippen LogP contribution in [0.3, 0.4) is 0 Å². The summed E-state index contributed by atoms with van der Waals surface area (Å²) in [6, 6.07) is 7.36. The Morgan fingerprint density at radius 3 is 2.97 bits per heavy atom. The van der Waals surface area contributed by atoms with Crippen LogP contribution in [0.2, 0.25) is 5.02 Å². The molecule has 0 spiro atoms. The van der Waals surface area contributed by atoms with Gasteiger partial charge >= 0.3 is 0 Å². The highest BCUT2D eigenvalue weighted by atomic mass is 35.5. The van der Waals surface area contributed by atoms with Crippen molar-refractivity contribution in [3.8, 4) is 11.5 Å². The van der Waals surface area contributed by atoms with Crippen molar-refractivity contribution >= 4 is 44.9 Å². The first kappa shape index (κ1) is 20.7. The molecule has 0 bridgehead atoms. The van der Waals surface area contributed by atoms with Crippen molar-refractivity contribution in [1.29, 1.82) is 0 Å². The molecule has 0 radical (unpaired) electrons. The minimum atomic E-state index is 0.0596. The number of rotatable bonds is 5. The number of fused-ring (bicyclic) bond motifs is 3. The third kappa shape index (κ3) is 3.81. The summed E-state index contributed by atoms with van der Waals surface area (Å²) in [5.74, 6) is 1.94. The molecule has 0 saturated carbocycles. The fourth-order valence-electron chi connectivity index (χ4n) is 3.98. The van der Waals surface area contributed by atoms with Gasteiger partial charge in [-0.05, 0) is 49.8 Å². The van der Waals surface area contributed by atoms with Crippen LogP contribution in [0.25, 0.3) is 21.7 Å². The first-order chi connectivity index (χ1) is 15.0. The van der Waals surface area contributed by atoms with Gasteiger partial charge in [-0.1, -0.05) is 42.4 Å². The second-order valence-corrected chi connectivity index (χ2v) is 10.2. The Kier molecular flexibility index (Phi) is 5.62. The molecule has 0 N–H and O–H groups in total. The van der Waals surface area contributed by atoms with Crippen molar-refractivity contribution in [3.05, 3.63) is 56.0 Å². The monoisotopic (exact) mass is 472 g/mol. The highest BCUT2D eigenvalue weighted by Gasteiger charge is 2.24. The molecule has 1 unspecified atom stereocenters. The number of thioether (sulfide) groups is 1. The van der Waals surface area contributed by atoms with E-state index < -0.39 is 0 Å². The van der Waals surface area contributed by atoms with Gasteiger partial charge in [0.05, 0.1) is 21.7 Å². The Bertz CT molecular complexity index is 1330. The van der Waals surface area contributed by atoms with E-state index in [2.05, 4.69) is 17.1 Å². The third-order valence-electron chi connectivity index (χ3n) is 5.59. The molecule has 1 aromatic carbocycles. The highest BCUT2D eigenvalue weighted by molar-refractivity contribution is 7.98. The molecular formula is C22H21ClN4O2S2. The second kappa shape index (κ2) is 8.41. The van der Waals surface area contributed by atoms with Gasteiger partial charge in [0.2, 0.25) is 11.8 Å². The number of aromatic nitrogens is 4. The maximum atomic E-state index is 13.3. The summed E-state index contributed by atoms with van der Waals surface area (Å²) in [6.07, 6.45) is 3.14. The average Bonchev–Trinajstić information content (AvgIpc) is 3.36. The molecule has 1 aliphatic rings. The molecule has 3 aromatic heterocycles.